The number of imidazole rings is 2. The van der Waals surface area contributed by atoms with Gasteiger partial charge in [0.25, 0.3) is 0 Å². The molecule has 0 aliphatic carbocycles. The molecule has 0 saturated heterocycles. The number of H-pyrrole nitrogens is 1. The van der Waals surface area contributed by atoms with Crippen molar-refractivity contribution in [2.24, 2.45) is 0 Å². The zero-order chi connectivity index (χ0) is 27.3. The number of aromatic nitrogens is 4. The van der Waals surface area contributed by atoms with E-state index in [1.807, 2.05) is 77.8 Å². The molecule has 3 heterocycles. The summed E-state index contributed by atoms with van der Waals surface area (Å²) in [6.45, 7) is 2.25. The molecule has 8 nitrogen and oxygen atoms in total. The van der Waals surface area contributed by atoms with E-state index in [4.69, 9.17) is 15.0 Å². The van der Waals surface area contributed by atoms with Crippen molar-refractivity contribution < 1.29 is 9.53 Å². The van der Waals surface area contributed by atoms with E-state index < -0.39 is 0 Å². The zero-order valence-corrected chi connectivity index (χ0v) is 22.0. The second kappa shape index (κ2) is 11.3. The maximum Gasteiger partial charge on any atom is 0.229 e. The molecule has 0 spiro atoms. The summed E-state index contributed by atoms with van der Waals surface area (Å²) < 4.78 is 8.27. The van der Waals surface area contributed by atoms with Crippen LogP contribution in [0.1, 0.15) is 34.0 Å². The second-order valence-corrected chi connectivity index (χ2v) is 9.84. The van der Waals surface area contributed by atoms with Gasteiger partial charge in [-0.25, -0.2) is 9.97 Å². The Kier molecular flexibility index (Phi) is 7.10. The van der Waals surface area contributed by atoms with Crippen molar-refractivity contribution in [2.45, 2.75) is 32.5 Å². The van der Waals surface area contributed by atoms with E-state index in [9.17, 15) is 4.79 Å². The highest BCUT2D eigenvalue weighted by Crippen LogP contribution is 2.31. The molecule has 198 valence electrons. The van der Waals surface area contributed by atoms with Crippen molar-refractivity contribution in [1.82, 2.24) is 24.4 Å². The fourth-order valence-electron chi connectivity index (χ4n) is 4.88. The number of carbonyl (C=O) groups excluding carboxylic acids is 1. The fourth-order valence-corrected chi connectivity index (χ4v) is 4.88. The van der Waals surface area contributed by atoms with Crippen molar-refractivity contribution >= 4 is 5.91 Å². The SMILES string of the molecule is N#Cc1ccc(Cc2ncc(CC(=O)N3CCn4cc(-c5ccccc5OCc5ccccc5)nc4C3)[nH]2)cc1. The van der Waals surface area contributed by atoms with E-state index in [0.29, 0.717) is 38.2 Å². The highest BCUT2D eigenvalue weighted by Gasteiger charge is 2.24. The summed E-state index contributed by atoms with van der Waals surface area (Å²) in [5.74, 6) is 2.47. The summed E-state index contributed by atoms with van der Waals surface area (Å²) in [5, 5.41) is 8.97. The van der Waals surface area contributed by atoms with Gasteiger partial charge in [-0.2, -0.15) is 5.26 Å². The van der Waals surface area contributed by atoms with E-state index >= 15 is 0 Å². The predicted octanol–water partition coefficient (Wildman–Crippen LogP) is 4.90. The zero-order valence-electron chi connectivity index (χ0n) is 22.0. The average molecular weight is 529 g/mol. The molecule has 1 aliphatic rings. The summed E-state index contributed by atoms with van der Waals surface area (Å²) in [6, 6.07) is 27.6. The van der Waals surface area contributed by atoms with Crippen molar-refractivity contribution in [1.29, 1.82) is 5.26 Å². The molecule has 2 aromatic heterocycles. The lowest BCUT2D eigenvalue weighted by Crippen LogP contribution is -2.39. The third-order valence-electron chi connectivity index (χ3n) is 7.03. The van der Waals surface area contributed by atoms with Crippen molar-refractivity contribution in [3.8, 4) is 23.1 Å². The Morgan fingerprint density at radius 2 is 1.77 bits per heavy atom. The summed E-state index contributed by atoms with van der Waals surface area (Å²) in [5.41, 5.74) is 5.35. The maximum atomic E-state index is 13.2. The molecule has 0 radical (unpaired) electrons. The molecule has 0 saturated carbocycles. The van der Waals surface area contributed by atoms with Gasteiger partial charge in [-0.05, 0) is 35.4 Å². The number of fused-ring (bicyclic) bond motifs is 1. The highest BCUT2D eigenvalue weighted by atomic mass is 16.5. The first kappa shape index (κ1) is 25.1. The Hall–Kier alpha value is -5.16. The second-order valence-electron chi connectivity index (χ2n) is 9.84. The van der Waals surface area contributed by atoms with Crippen LogP contribution in [-0.2, 0) is 37.3 Å². The number of carbonyl (C=O) groups is 1. The Morgan fingerprint density at radius 3 is 2.60 bits per heavy atom. The number of rotatable bonds is 8. The van der Waals surface area contributed by atoms with Crippen LogP contribution in [0, 0.1) is 11.3 Å². The molecule has 0 bridgehead atoms. The van der Waals surface area contributed by atoms with Gasteiger partial charge < -0.3 is 19.2 Å². The number of hydrogen-bond acceptors (Lipinski definition) is 5. The summed E-state index contributed by atoms with van der Waals surface area (Å²) >= 11 is 0. The largest absolute Gasteiger partial charge is 0.488 e. The van der Waals surface area contributed by atoms with Crippen molar-refractivity contribution in [3.05, 3.63) is 125 Å². The minimum absolute atomic E-state index is 0.0379. The van der Waals surface area contributed by atoms with Gasteiger partial charge in [-0.3, -0.25) is 4.79 Å². The summed E-state index contributed by atoms with van der Waals surface area (Å²) in [4.78, 5) is 27.6. The van der Waals surface area contributed by atoms with Gasteiger partial charge in [-0.15, -0.1) is 0 Å². The lowest BCUT2D eigenvalue weighted by atomic mass is 10.1. The van der Waals surface area contributed by atoms with Crippen LogP contribution in [0.3, 0.4) is 0 Å². The number of nitrogens with zero attached hydrogens (tertiary/aromatic N) is 5. The van der Waals surface area contributed by atoms with Gasteiger partial charge in [0.15, 0.2) is 0 Å². The molecule has 3 aromatic carbocycles. The Morgan fingerprint density at radius 1 is 0.975 bits per heavy atom. The lowest BCUT2D eigenvalue weighted by Gasteiger charge is -2.27. The van der Waals surface area contributed by atoms with Crippen LogP contribution in [0.5, 0.6) is 5.75 Å². The molecule has 0 atom stereocenters. The smallest absolute Gasteiger partial charge is 0.229 e. The standard InChI is InChI=1S/C32H28N6O2/c33-18-24-12-10-23(11-13-24)16-30-34-19-26(35-30)17-32(39)38-15-14-37-20-28(36-31(37)21-38)27-8-4-5-9-29(27)40-22-25-6-2-1-3-7-25/h1-13,19-20H,14-17,21-22H2,(H,34,35). The van der Waals surface area contributed by atoms with Gasteiger partial charge >= 0.3 is 0 Å². The fraction of sp³-hybridized carbons (Fsp3) is 0.188. The third kappa shape index (κ3) is 5.64. The van der Waals surface area contributed by atoms with E-state index in [1.54, 1.807) is 18.3 Å². The van der Waals surface area contributed by atoms with E-state index in [1.165, 1.54) is 0 Å². The quantitative estimate of drug-likeness (QED) is 0.309. The van der Waals surface area contributed by atoms with Gasteiger partial charge in [-0.1, -0.05) is 54.6 Å². The number of nitriles is 1. The molecule has 1 amide bonds. The first-order valence-corrected chi connectivity index (χ1v) is 13.3. The molecule has 1 aliphatic heterocycles. The van der Waals surface area contributed by atoms with Crippen molar-refractivity contribution in [2.75, 3.05) is 6.54 Å². The summed E-state index contributed by atoms with van der Waals surface area (Å²) in [6.07, 6.45) is 4.64. The topological polar surface area (TPSA) is 99.8 Å². The number of amides is 1. The molecular weight excluding hydrogens is 500 g/mol. The Bertz CT molecular complexity index is 1660. The highest BCUT2D eigenvalue weighted by molar-refractivity contribution is 5.78. The van der Waals surface area contributed by atoms with E-state index in [-0.39, 0.29) is 12.3 Å². The van der Waals surface area contributed by atoms with Crippen LogP contribution >= 0.6 is 0 Å². The average Bonchev–Trinajstić information content (AvgIpc) is 3.63. The van der Waals surface area contributed by atoms with Crippen LogP contribution in [0.25, 0.3) is 11.3 Å². The predicted molar refractivity (Wildman–Crippen MR) is 150 cm³/mol. The molecule has 8 heteroatoms. The number of nitrogens with one attached hydrogen (secondary N) is 1. The number of benzene rings is 3. The minimum Gasteiger partial charge on any atom is -0.488 e. The van der Waals surface area contributed by atoms with Gasteiger partial charge in [0.2, 0.25) is 5.91 Å². The molecule has 5 aromatic rings. The molecule has 6 rings (SSSR count). The van der Waals surface area contributed by atoms with Gasteiger partial charge in [0, 0.05) is 43.2 Å². The van der Waals surface area contributed by atoms with Crippen LogP contribution in [0.4, 0.5) is 0 Å². The molecule has 0 unspecified atom stereocenters. The third-order valence-corrected chi connectivity index (χ3v) is 7.03. The molecule has 1 N–H and O–H groups in total. The molecule has 0 fully saturated rings. The summed E-state index contributed by atoms with van der Waals surface area (Å²) in [7, 11) is 0. The first-order valence-electron chi connectivity index (χ1n) is 13.3. The van der Waals surface area contributed by atoms with Crippen LogP contribution < -0.4 is 4.74 Å². The number of aromatic amines is 1. The van der Waals surface area contributed by atoms with Crippen LogP contribution in [0.15, 0.2) is 91.3 Å². The number of hydrogen-bond donors (Lipinski definition) is 1. The Labute approximate surface area is 232 Å². The van der Waals surface area contributed by atoms with E-state index in [2.05, 4.69) is 20.6 Å². The molecule has 40 heavy (non-hydrogen) atoms. The monoisotopic (exact) mass is 528 g/mol. The number of ether oxygens (including phenoxy) is 1. The number of para-hydroxylation sites is 1. The first-order chi connectivity index (χ1) is 19.6. The van der Waals surface area contributed by atoms with Gasteiger partial charge in [0.1, 0.15) is 24.0 Å². The normalized spacial score (nSPS) is 12.5. The van der Waals surface area contributed by atoms with Crippen molar-refractivity contribution in [3.63, 3.8) is 0 Å². The van der Waals surface area contributed by atoms with Crippen LogP contribution in [-0.4, -0.2) is 36.9 Å². The Balaban J connectivity index is 1.09. The van der Waals surface area contributed by atoms with Gasteiger partial charge in [0.05, 0.1) is 30.3 Å². The minimum atomic E-state index is 0.0379. The molecular formula is C32H28N6O2. The van der Waals surface area contributed by atoms with Crippen LogP contribution in [0.2, 0.25) is 0 Å². The van der Waals surface area contributed by atoms with E-state index in [0.717, 1.165) is 45.5 Å². The lowest BCUT2D eigenvalue weighted by molar-refractivity contribution is -0.132. The maximum absolute atomic E-state index is 13.2.